The second kappa shape index (κ2) is 22.7. The van der Waals surface area contributed by atoms with Crippen molar-refractivity contribution in [3.05, 3.63) is 92.8 Å². The lowest BCUT2D eigenvalue weighted by Gasteiger charge is -2.35. The van der Waals surface area contributed by atoms with E-state index in [1.54, 1.807) is 22.3 Å². The molecule has 2 aromatic carbocycles. The van der Waals surface area contributed by atoms with Gasteiger partial charge in [0.2, 0.25) is 17.7 Å². The lowest BCUT2D eigenvalue weighted by Crippen LogP contribution is -2.56. The van der Waals surface area contributed by atoms with Crippen molar-refractivity contribution in [1.82, 2.24) is 40.4 Å². The average molecular weight is 985 g/mol. The van der Waals surface area contributed by atoms with Gasteiger partial charge in [-0.15, -0.1) is 11.3 Å². The quantitative estimate of drug-likeness (QED) is 0.0543. The van der Waals surface area contributed by atoms with Crippen LogP contribution in [0, 0.1) is 26.2 Å². The number of unbranched alkanes of at least 4 members (excludes halogenated alkanes) is 3. The maximum Gasteiger partial charge on any atom is 0.267 e. The van der Waals surface area contributed by atoms with Gasteiger partial charge in [0.1, 0.15) is 28.4 Å². The lowest BCUT2D eigenvalue weighted by molar-refractivity contribution is -0.142. The topological polar surface area (TPSA) is 198 Å². The molecule has 5 N–H and O–H groups in total. The van der Waals surface area contributed by atoms with E-state index in [0.717, 1.165) is 58.8 Å². The highest BCUT2D eigenvalue weighted by Gasteiger charge is 2.43. The second-order valence-electron chi connectivity index (χ2n) is 18.6. The van der Waals surface area contributed by atoms with Crippen molar-refractivity contribution in [2.45, 2.75) is 105 Å². The fourth-order valence-electron chi connectivity index (χ4n) is 8.53. The van der Waals surface area contributed by atoms with Gasteiger partial charge in [-0.05, 0) is 68.3 Å². The molecular formula is C49H62ClN11O5S2. The third kappa shape index (κ3) is 13.0. The van der Waals surface area contributed by atoms with Gasteiger partial charge in [0.25, 0.3) is 5.91 Å². The molecule has 2 fully saturated rings. The Morgan fingerprint density at radius 2 is 1.69 bits per heavy atom. The summed E-state index contributed by atoms with van der Waals surface area (Å²) in [6.45, 7) is 15.2. The Morgan fingerprint density at radius 1 is 0.941 bits per heavy atom. The summed E-state index contributed by atoms with van der Waals surface area (Å²) in [5.74, 6) is 1.27. The van der Waals surface area contributed by atoms with Gasteiger partial charge in [-0.25, -0.2) is 19.9 Å². The van der Waals surface area contributed by atoms with Crippen LogP contribution in [0.3, 0.4) is 0 Å². The van der Waals surface area contributed by atoms with Crippen molar-refractivity contribution in [2.75, 3.05) is 54.8 Å². The van der Waals surface area contributed by atoms with Crippen molar-refractivity contribution in [2.24, 2.45) is 5.41 Å². The number of rotatable bonds is 18. The molecule has 1 unspecified atom stereocenters. The fraction of sp³-hybridized carbons (Fsp3) is 0.469. The number of likely N-dealkylation sites (tertiary alicyclic amines) is 1. The number of carbonyl (C=O) groups excluding carboxylic acids is 4. The van der Waals surface area contributed by atoms with E-state index in [2.05, 4.69) is 46.1 Å². The molecule has 0 spiro atoms. The van der Waals surface area contributed by atoms with E-state index in [-0.39, 0.29) is 36.6 Å². The minimum Gasteiger partial charge on any atom is -0.391 e. The van der Waals surface area contributed by atoms with Crippen LogP contribution in [0.4, 0.5) is 22.5 Å². The van der Waals surface area contributed by atoms with Crippen molar-refractivity contribution in [1.29, 1.82) is 0 Å². The number of β-amino-alcohol motifs (C(OH)–C–C–N with tert-alkyl or cyclic N) is 1. The Labute approximate surface area is 411 Å². The fourth-order valence-corrected chi connectivity index (χ4v) is 10.3. The highest BCUT2D eigenvalue weighted by Crippen LogP contribution is 2.31. The maximum absolute atomic E-state index is 14.1. The van der Waals surface area contributed by atoms with Crippen LogP contribution in [0.1, 0.15) is 91.6 Å². The van der Waals surface area contributed by atoms with Crippen LogP contribution in [-0.4, -0.2) is 116 Å². The van der Waals surface area contributed by atoms with Crippen molar-refractivity contribution in [3.63, 3.8) is 0 Å². The molecule has 0 aliphatic carbocycles. The summed E-state index contributed by atoms with van der Waals surface area (Å²) in [7, 11) is 0. The maximum atomic E-state index is 14.1. The molecule has 7 rings (SSSR count). The number of carbonyl (C=O) groups is 4. The zero-order valence-corrected chi connectivity index (χ0v) is 42.0. The minimum absolute atomic E-state index is 0.112. The number of halogens is 1. The number of para-hydroxylation sites is 1. The molecule has 2 aliphatic rings. The summed E-state index contributed by atoms with van der Waals surface area (Å²) in [6, 6.07) is 14.0. The molecule has 2 aliphatic heterocycles. The van der Waals surface area contributed by atoms with Gasteiger partial charge >= 0.3 is 0 Å². The highest BCUT2D eigenvalue weighted by atomic mass is 35.5. The first-order valence-corrected chi connectivity index (χ1v) is 25.3. The van der Waals surface area contributed by atoms with Crippen LogP contribution in [-0.2, 0) is 20.9 Å². The van der Waals surface area contributed by atoms with Crippen LogP contribution in [0.15, 0.2) is 60.2 Å². The highest BCUT2D eigenvalue weighted by molar-refractivity contribution is 7.17. The molecule has 16 nitrogen and oxygen atoms in total. The number of hydrogen-bond donors (Lipinski definition) is 5. The molecule has 3 atom stereocenters. The van der Waals surface area contributed by atoms with Gasteiger partial charge in [-0.1, -0.05) is 92.9 Å². The first-order chi connectivity index (χ1) is 32.5. The Bertz CT molecular complexity index is 2540. The smallest absolute Gasteiger partial charge is 0.267 e. The number of thiazole rings is 2. The number of benzene rings is 2. The predicted octanol–water partition coefficient (Wildman–Crippen LogP) is 7.51. The van der Waals surface area contributed by atoms with E-state index >= 15 is 0 Å². The molecule has 3 aromatic heterocycles. The summed E-state index contributed by atoms with van der Waals surface area (Å²) in [5, 5.41) is 24.2. The van der Waals surface area contributed by atoms with Gasteiger partial charge in [-0.3, -0.25) is 19.2 Å². The van der Waals surface area contributed by atoms with Crippen LogP contribution < -0.4 is 26.2 Å². The zero-order valence-electron chi connectivity index (χ0n) is 39.6. The first kappa shape index (κ1) is 50.3. The summed E-state index contributed by atoms with van der Waals surface area (Å²) >= 11 is 9.10. The third-order valence-corrected chi connectivity index (χ3v) is 14.5. The SMILES string of the molecule is Cc1nc(Nc2ncc(C(=O)Nc3c(C)cccc3Cl)s2)cc(N2CCN(C(=O)CCCCCCNC(C(=O)N3C[C@H](O)C[C@H]3C(=O)NCc3ccc(-c4scnc4C)cc3)C(C)(C)C)CC2)n1. The lowest BCUT2D eigenvalue weighted by atomic mass is 9.85. The van der Waals surface area contributed by atoms with Gasteiger partial charge in [-0.2, -0.15) is 0 Å². The second-order valence-corrected chi connectivity index (χ2v) is 20.9. The molecule has 19 heteroatoms. The Kier molecular flexibility index (Phi) is 16.8. The zero-order chi connectivity index (χ0) is 48.5. The molecule has 5 heterocycles. The molecule has 0 saturated carbocycles. The third-order valence-electron chi connectivity index (χ3n) is 12.3. The van der Waals surface area contributed by atoms with E-state index in [1.807, 2.05) is 94.4 Å². The van der Waals surface area contributed by atoms with Gasteiger partial charge in [0.05, 0.1) is 45.1 Å². The predicted molar refractivity (Wildman–Crippen MR) is 270 cm³/mol. The van der Waals surface area contributed by atoms with E-state index in [9.17, 15) is 24.3 Å². The molecule has 362 valence electrons. The Hall–Kier alpha value is -5.53. The van der Waals surface area contributed by atoms with Crippen LogP contribution in [0.5, 0.6) is 0 Å². The number of amides is 4. The van der Waals surface area contributed by atoms with Gasteiger partial charge < -0.3 is 41.1 Å². The number of nitrogens with zero attached hydrogens (tertiary/aromatic N) is 7. The number of piperazine rings is 1. The molecule has 0 bridgehead atoms. The summed E-state index contributed by atoms with van der Waals surface area (Å²) < 4.78 is 0. The number of aliphatic hydroxyl groups excluding tert-OH is 1. The van der Waals surface area contributed by atoms with E-state index in [0.29, 0.717) is 78.1 Å². The first-order valence-electron chi connectivity index (χ1n) is 23.2. The van der Waals surface area contributed by atoms with E-state index in [1.165, 1.54) is 17.5 Å². The van der Waals surface area contributed by atoms with Gasteiger partial charge in [0.15, 0.2) is 5.13 Å². The Balaban J connectivity index is 0.807. The molecule has 4 amide bonds. The molecule has 5 aromatic rings. The average Bonchev–Trinajstić information content (AvgIpc) is 4.07. The number of nitrogens with one attached hydrogen (secondary N) is 4. The monoisotopic (exact) mass is 983 g/mol. The van der Waals surface area contributed by atoms with Crippen LogP contribution in [0.25, 0.3) is 10.4 Å². The van der Waals surface area contributed by atoms with Crippen LogP contribution in [0.2, 0.25) is 5.02 Å². The molecular weight excluding hydrogens is 922 g/mol. The number of hydrogen-bond acceptors (Lipinski definition) is 14. The minimum atomic E-state index is -0.775. The number of aromatic nitrogens is 4. The normalized spacial score (nSPS) is 16.7. The molecule has 68 heavy (non-hydrogen) atoms. The molecule has 2 saturated heterocycles. The summed E-state index contributed by atoms with van der Waals surface area (Å²) in [4.78, 5) is 78.8. The number of aryl methyl sites for hydroxylation is 3. The van der Waals surface area contributed by atoms with Crippen LogP contribution >= 0.6 is 34.3 Å². The van der Waals surface area contributed by atoms with E-state index < -0.39 is 23.6 Å². The standard InChI is InChI=1S/C49H62ClN11O5S2/c1-30-12-11-13-36(50)42(30)58-46(65)38-27-53-48(68-38)57-39-25-40(56-32(3)55-39)59-20-22-60(23-21-59)41(63)14-9-7-8-10-19-51-44(49(4,5)6)47(66)61-28-35(62)24-37(61)45(64)52-26-33-15-17-34(18-16-33)43-31(2)54-29-67-43/h11-13,15-18,25,27,29,35,37,44,51,62H,7-10,14,19-24,26,28H2,1-6H3,(H,52,64)(H,58,65)(H,53,55,56,57)/t35-,37+,44?/m1/s1. The summed E-state index contributed by atoms with van der Waals surface area (Å²) in [5.41, 5.74) is 5.83. The largest absolute Gasteiger partial charge is 0.391 e. The number of anilines is 4. The summed E-state index contributed by atoms with van der Waals surface area (Å²) in [6.07, 6.45) is 4.80. The number of aliphatic hydroxyl groups is 1. The Morgan fingerprint density at radius 3 is 2.40 bits per heavy atom. The van der Waals surface area contributed by atoms with Crippen molar-refractivity contribution >= 4 is 80.4 Å². The van der Waals surface area contributed by atoms with Gasteiger partial charge in [0, 0.05) is 58.2 Å². The van der Waals surface area contributed by atoms with Crippen molar-refractivity contribution < 1.29 is 24.3 Å². The molecule has 0 radical (unpaired) electrons. The van der Waals surface area contributed by atoms with E-state index in [4.69, 9.17) is 11.6 Å². The van der Waals surface area contributed by atoms with Crippen molar-refractivity contribution in [3.8, 4) is 10.4 Å².